The summed E-state index contributed by atoms with van der Waals surface area (Å²) in [6.07, 6.45) is -0.672. The Morgan fingerprint density at radius 1 is 1.14 bits per heavy atom. The van der Waals surface area contributed by atoms with Gasteiger partial charge in [-0.15, -0.1) is 0 Å². The van der Waals surface area contributed by atoms with Crippen molar-refractivity contribution >= 4 is 5.69 Å². The quantitative estimate of drug-likeness (QED) is 0.857. The van der Waals surface area contributed by atoms with Gasteiger partial charge in [0.15, 0.2) is 0 Å². The van der Waals surface area contributed by atoms with E-state index < -0.39 is 6.10 Å². The maximum absolute atomic E-state index is 13.4. The first-order valence-electron chi connectivity index (χ1n) is 6.93. The van der Waals surface area contributed by atoms with Gasteiger partial charge in [-0.05, 0) is 38.1 Å². The molecule has 2 aromatic carbocycles. The number of aliphatic hydroxyl groups is 1. The Morgan fingerprint density at radius 2 is 1.86 bits per heavy atom. The van der Waals surface area contributed by atoms with Gasteiger partial charge >= 0.3 is 0 Å². The Bertz CT molecular complexity index is 584. The molecular formula is C17H20FNO2. The molecule has 0 radical (unpaired) electrons. The number of rotatable bonds is 6. The van der Waals surface area contributed by atoms with Crippen molar-refractivity contribution in [2.75, 3.05) is 18.5 Å². The lowest BCUT2D eigenvalue weighted by Gasteiger charge is -2.15. The van der Waals surface area contributed by atoms with Crippen LogP contribution in [0.3, 0.4) is 0 Å². The number of nitrogens with one attached hydrogen (secondary N) is 1. The van der Waals surface area contributed by atoms with Crippen molar-refractivity contribution in [1.82, 2.24) is 0 Å². The van der Waals surface area contributed by atoms with E-state index in [-0.39, 0.29) is 12.4 Å². The zero-order valence-corrected chi connectivity index (χ0v) is 12.3. The molecule has 2 rings (SSSR count). The van der Waals surface area contributed by atoms with Gasteiger partial charge in [-0.2, -0.15) is 0 Å². The minimum Gasteiger partial charge on any atom is -0.491 e. The molecule has 0 aliphatic carbocycles. The average molecular weight is 289 g/mol. The fourth-order valence-electron chi connectivity index (χ4n) is 1.91. The van der Waals surface area contributed by atoms with E-state index in [2.05, 4.69) is 5.32 Å². The zero-order valence-electron chi connectivity index (χ0n) is 12.3. The Balaban J connectivity index is 1.80. The molecule has 0 bridgehead atoms. The Labute approximate surface area is 124 Å². The van der Waals surface area contributed by atoms with Crippen molar-refractivity contribution in [3.05, 3.63) is 59.4 Å². The van der Waals surface area contributed by atoms with Crippen LogP contribution in [0.5, 0.6) is 5.75 Å². The van der Waals surface area contributed by atoms with E-state index >= 15 is 0 Å². The SMILES string of the molecule is Cc1ccc(OCC(O)CNc2cccc(F)c2C)cc1. The molecule has 0 fully saturated rings. The molecule has 112 valence electrons. The minimum atomic E-state index is -0.672. The maximum Gasteiger partial charge on any atom is 0.128 e. The van der Waals surface area contributed by atoms with Gasteiger partial charge in [0.2, 0.25) is 0 Å². The molecule has 0 spiro atoms. The van der Waals surface area contributed by atoms with Crippen molar-refractivity contribution in [2.24, 2.45) is 0 Å². The van der Waals surface area contributed by atoms with Crippen LogP contribution >= 0.6 is 0 Å². The predicted octanol–water partition coefficient (Wildman–Crippen LogP) is 3.29. The van der Waals surface area contributed by atoms with Crippen LogP contribution in [0.4, 0.5) is 10.1 Å². The normalized spacial score (nSPS) is 12.0. The molecule has 2 aromatic rings. The number of benzene rings is 2. The van der Waals surface area contributed by atoms with Gasteiger partial charge in [0.05, 0.1) is 0 Å². The highest BCUT2D eigenvalue weighted by Gasteiger charge is 2.08. The van der Waals surface area contributed by atoms with Crippen LogP contribution in [0.25, 0.3) is 0 Å². The number of aryl methyl sites for hydroxylation is 1. The number of anilines is 1. The number of hydrogen-bond acceptors (Lipinski definition) is 3. The Kier molecular flexibility index (Phi) is 5.17. The summed E-state index contributed by atoms with van der Waals surface area (Å²) in [6, 6.07) is 12.5. The molecule has 0 heterocycles. The van der Waals surface area contributed by atoms with E-state index in [1.165, 1.54) is 6.07 Å². The third kappa shape index (κ3) is 4.46. The lowest BCUT2D eigenvalue weighted by molar-refractivity contribution is 0.117. The molecular weight excluding hydrogens is 269 g/mol. The summed E-state index contributed by atoms with van der Waals surface area (Å²) in [4.78, 5) is 0. The molecule has 0 amide bonds. The second kappa shape index (κ2) is 7.09. The first-order valence-corrected chi connectivity index (χ1v) is 6.93. The van der Waals surface area contributed by atoms with Crippen molar-refractivity contribution in [3.8, 4) is 5.75 Å². The predicted molar refractivity (Wildman–Crippen MR) is 82.3 cm³/mol. The molecule has 0 saturated carbocycles. The summed E-state index contributed by atoms with van der Waals surface area (Å²) in [5.41, 5.74) is 2.39. The lowest BCUT2D eigenvalue weighted by atomic mass is 10.2. The van der Waals surface area contributed by atoms with Gasteiger partial charge in [0, 0.05) is 17.8 Å². The molecule has 1 unspecified atom stereocenters. The number of ether oxygens (including phenoxy) is 1. The van der Waals surface area contributed by atoms with Crippen molar-refractivity contribution < 1.29 is 14.2 Å². The van der Waals surface area contributed by atoms with Crippen molar-refractivity contribution in [2.45, 2.75) is 20.0 Å². The molecule has 4 heteroatoms. The van der Waals surface area contributed by atoms with Crippen LogP contribution in [0.15, 0.2) is 42.5 Å². The topological polar surface area (TPSA) is 41.5 Å². The van der Waals surface area contributed by atoms with Crippen LogP contribution < -0.4 is 10.1 Å². The van der Waals surface area contributed by atoms with Crippen LogP contribution in [-0.4, -0.2) is 24.4 Å². The number of hydrogen-bond donors (Lipinski definition) is 2. The highest BCUT2D eigenvalue weighted by Crippen LogP contribution is 2.17. The first kappa shape index (κ1) is 15.3. The van der Waals surface area contributed by atoms with Crippen molar-refractivity contribution in [1.29, 1.82) is 0 Å². The average Bonchev–Trinajstić information content (AvgIpc) is 2.48. The minimum absolute atomic E-state index is 0.185. The van der Waals surface area contributed by atoms with E-state index in [4.69, 9.17) is 4.74 Å². The van der Waals surface area contributed by atoms with Gasteiger partial charge < -0.3 is 15.2 Å². The summed E-state index contributed by atoms with van der Waals surface area (Å²) in [6.45, 7) is 4.19. The fraction of sp³-hybridized carbons (Fsp3) is 0.294. The first-order chi connectivity index (χ1) is 10.1. The largest absolute Gasteiger partial charge is 0.491 e. The van der Waals surface area contributed by atoms with E-state index in [0.29, 0.717) is 17.8 Å². The molecule has 0 aromatic heterocycles. The van der Waals surface area contributed by atoms with Crippen LogP contribution in [0, 0.1) is 19.7 Å². The molecule has 21 heavy (non-hydrogen) atoms. The molecule has 3 nitrogen and oxygen atoms in total. The highest BCUT2D eigenvalue weighted by atomic mass is 19.1. The van der Waals surface area contributed by atoms with E-state index in [0.717, 1.165) is 11.3 Å². The van der Waals surface area contributed by atoms with E-state index in [1.54, 1.807) is 19.1 Å². The molecule has 0 aliphatic rings. The summed E-state index contributed by atoms with van der Waals surface area (Å²) < 4.78 is 18.9. The monoisotopic (exact) mass is 289 g/mol. The smallest absolute Gasteiger partial charge is 0.128 e. The molecule has 0 aliphatic heterocycles. The van der Waals surface area contributed by atoms with Gasteiger partial charge in [-0.1, -0.05) is 23.8 Å². The summed E-state index contributed by atoms with van der Waals surface area (Å²) in [7, 11) is 0. The van der Waals surface area contributed by atoms with Crippen molar-refractivity contribution in [3.63, 3.8) is 0 Å². The Morgan fingerprint density at radius 3 is 2.57 bits per heavy atom. The number of halogens is 1. The van der Waals surface area contributed by atoms with Crippen LogP contribution in [-0.2, 0) is 0 Å². The van der Waals surface area contributed by atoms with Gasteiger partial charge in [0.25, 0.3) is 0 Å². The third-order valence-corrected chi connectivity index (χ3v) is 3.26. The van der Waals surface area contributed by atoms with Gasteiger partial charge in [-0.3, -0.25) is 0 Å². The Hall–Kier alpha value is -2.07. The molecule has 2 N–H and O–H groups in total. The van der Waals surface area contributed by atoms with E-state index in [1.807, 2.05) is 31.2 Å². The molecule has 0 saturated heterocycles. The lowest BCUT2D eigenvalue weighted by Crippen LogP contribution is -2.26. The standard InChI is InChI=1S/C17H20FNO2/c1-12-6-8-15(9-7-12)21-11-14(20)10-19-17-5-3-4-16(18)13(17)2/h3-9,14,19-20H,10-11H2,1-2H3. The van der Waals surface area contributed by atoms with Crippen LogP contribution in [0.1, 0.15) is 11.1 Å². The van der Waals surface area contributed by atoms with E-state index in [9.17, 15) is 9.50 Å². The number of aliphatic hydroxyl groups excluding tert-OH is 1. The second-order valence-corrected chi connectivity index (χ2v) is 5.07. The summed E-state index contributed by atoms with van der Waals surface area (Å²) >= 11 is 0. The highest BCUT2D eigenvalue weighted by molar-refractivity contribution is 5.50. The third-order valence-electron chi connectivity index (χ3n) is 3.26. The summed E-state index contributed by atoms with van der Waals surface area (Å²) in [5.74, 6) is 0.465. The fourth-order valence-corrected chi connectivity index (χ4v) is 1.91. The van der Waals surface area contributed by atoms with Gasteiger partial charge in [0.1, 0.15) is 24.3 Å². The summed E-state index contributed by atoms with van der Waals surface area (Å²) in [5, 5.41) is 12.9. The zero-order chi connectivity index (χ0) is 15.2. The molecule has 1 atom stereocenters. The van der Waals surface area contributed by atoms with Crippen LogP contribution in [0.2, 0.25) is 0 Å². The maximum atomic E-state index is 13.4. The van der Waals surface area contributed by atoms with Gasteiger partial charge in [-0.25, -0.2) is 4.39 Å². The second-order valence-electron chi connectivity index (χ2n) is 5.07.